The molecule has 0 saturated heterocycles. The number of amides is 2. The Bertz CT molecular complexity index is 941. The molecular weight excluding hydrogens is 336 g/mol. The van der Waals surface area contributed by atoms with Gasteiger partial charge in [0, 0.05) is 11.3 Å². The molecular formula is C18H16N4O2S. The molecule has 2 aromatic carbocycles. The second-order valence-corrected chi connectivity index (χ2v) is 6.35. The van der Waals surface area contributed by atoms with Gasteiger partial charge in [0.25, 0.3) is 0 Å². The van der Waals surface area contributed by atoms with E-state index in [1.54, 1.807) is 24.3 Å². The number of primary amides is 1. The van der Waals surface area contributed by atoms with E-state index in [1.807, 2.05) is 31.2 Å². The number of para-hydroxylation sites is 2. The number of thioether (sulfide) groups is 1. The number of nitrogens with one attached hydrogen (secondary N) is 1. The summed E-state index contributed by atoms with van der Waals surface area (Å²) in [5.74, 6) is 0.237. The fourth-order valence-corrected chi connectivity index (χ4v) is 3.16. The second kappa shape index (κ2) is 7.31. The van der Waals surface area contributed by atoms with Crippen LogP contribution < -0.4 is 11.1 Å². The summed E-state index contributed by atoms with van der Waals surface area (Å²) >= 11 is 1.37. The average Bonchev–Trinajstić information content (AvgIpc) is 2.59. The monoisotopic (exact) mass is 352 g/mol. The summed E-state index contributed by atoms with van der Waals surface area (Å²) in [7, 11) is 0. The summed E-state index contributed by atoms with van der Waals surface area (Å²) in [6.45, 7) is 1.89. The molecule has 3 rings (SSSR count). The molecule has 0 saturated carbocycles. The molecule has 0 fully saturated rings. The third-order valence-electron chi connectivity index (χ3n) is 3.52. The van der Waals surface area contributed by atoms with E-state index in [-0.39, 0.29) is 11.5 Å². The number of aryl methyl sites for hydroxylation is 1. The number of hydrogen-bond donors (Lipinski definition) is 2. The normalized spacial score (nSPS) is 10.6. The maximum absolute atomic E-state index is 12.3. The van der Waals surface area contributed by atoms with Crippen LogP contribution in [0.3, 0.4) is 0 Å². The van der Waals surface area contributed by atoms with Crippen LogP contribution in [-0.4, -0.2) is 27.5 Å². The fourth-order valence-electron chi connectivity index (χ4n) is 2.31. The molecule has 0 spiro atoms. The summed E-state index contributed by atoms with van der Waals surface area (Å²) in [4.78, 5) is 32.2. The van der Waals surface area contributed by atoms with E-state index in [9.17, 15) is 9.59 Å². The van der Waals surface area contributed by atoms with Crippen molar-refractivity contribution in [3.63, 3.8) is 0 Å². The van der Waals surface area contributed by atoms with E-state index in [2.05, 4.69) is 15.3 Å². The van der Waals surface area contributed by atoms with Gasteiger partial charge in [-0.3, -0.25) is 4.79 Å². The number of aromatic nitrogens is 2. The zero-order valence-corrected chi connectivity index (χ0v) is 14.3. The van der Waals surface area contributed by atoms with Crippen molar-refractivity contribution in [2.75, 3.05) is 11.1 Å². The lowest BCUT2D eigenvalue weighted by molar-refractivity contribution is 0.102. The molecule has 0 aliphatic heterocycles. The number of anilines is 1. The number of hydrogen-bond acceptors (Lipinski definition) is 5. The number of nitrogens with two attached hydrogens (primary N) is 1. The predicted octanol–water partition coefficient (Wildman–Crippen LogP) is 3.40. The molecule has 25 heavy (non-hydrogen) atoms. The van der Waals surface area contributed by atoms with Crippen LogP contribution >= 0.6 is 11.8 Å². The van der Waals surface area contributed by atoms with Crippen molar-refractivity contribution < 1.29 is 9.59 Å². The molecule has 1 heterocycles. The highest BCUT2D eigenvalue weighted by Gasteiger charge is 2.11. The highest BCUT2D eigenvalue weighted by molar-refractivity contribution is 8.00. The molecule has 3 aromatic rings. The van der Waals surface area contributed by atoms with Gasteiger partial charge in [-0.15, -0.1) is 0 Å². The van der Waals surface area contributed by atoms with E-state index < -0.39 is 6.03 Å². The summed E-state index contributed by atoms with van der Waals surface area (Å²) in [6, 6.07) is 13.6. The van der Waals surface area contributed by atoms with E-state index in [0.717, 1.165) is 21.8 Å². The third-order valence-corrected chi connectivity index (χ3v) is 4.58. The van der Waals surface area contributed by atoms with Crippen molar-refractivity contribution in [1.82, 2.24) is 9.97 Å². The molecule has 0 radical (unpaired) electrons. The van der Waals surface area contributed by atoms with Gasteiger partial charge in [0.05, 0.1) is 22.5 Å². The minimum Gasteiger partial charge on any atom is -0.351 e. The van der Waals surface area contributed by atoms with Gasteiger partial charge >= 0.3 is 6.03 Å². The van der Waals surface area contributed by atoms with Gasteiger partial charge in [-0.1, -0.05) is 23.9 Å². The first-order valence-corrected chi connectivity index (χ1v) is 8.57. The molecule has 0 atom stereocenters. The number of rotatable bonds is 5. The van der Waals surface area contributed by atoms with Crippen molar-refractivity contribution in [3.8, 4) is 0 Å². The molecule has 126 valence electrons. The number of Topliss-reactive ketones (excluding diaryl/α,β-unsaturated/α-hetero) is 1. The zero-order valence-electron chi connectivity index (χ0n) is 13.5. The first-order chi connectivity index (χ1) is 12.0. The molecule has 0 aliphatic rings. The Labute approximate surface area is 148 Å². The minimum absolute atomic E-state index is 0.0232. The zero-order chi connectivity index (χ0) is 17.8. The molecule has 0 aliphatic carbocycles. The van der Waals surface area contributed by atoms with Crippen molar-refractivity contribution in [2.45, 2.75) is 11.9 Å². The number of nitrogens with zero attached hydrogens (tertiary/aromatic N) is 2. The summed E-state index contributed by atoms with van der Waals surface area (Å²) in [5, 5.41) is 3.21. The van der Waals surface area contributed by atoms with Gasteiger partial charge in [0.2, 0.25) is 0 Å². The number of urea groups is 1. The van der Waals surface area contributed by atoms with Crippen molar-refractivity contribution in [1.29, 1.82) is 0 Å². The van der Waals surface area contributed by atoms with Crippen LogP contribution in [-0.2, 0) is 0 Å². The number of carbonyl (C=O) groups is 2. The second-order valence-electron chi connectivity index (χ2n) is 5.38. The molecule has 0 bridgehead atoms. The Morgan fingerprint density at radius 1 is 1.04 bits per heavy atom. The van der Waals surface area contributed by atoms with Crippen LogP contribution in [0.2, 0.25) is 0 Å². The van der Waals surface area contributed by atoms with Gasteiger partial charge in [0.15, 0.2) is 5.78 Å². The first-order valence-electron chi connectivity index (χ1n) is 7.59. The largest absolute Gasteiger partial charge is 0.351 e. The lowest BCUT2D eigenvalue weighted by atomic mass is 10.1. The van der Waals surface area contributed by atoms with Gasteiger partial charge in [-0.25, -0.2) is 14.8 Å². The van der Waals surface area contributed by atoms with E-state index in [4.69, 9.17) is 5.73 Å². The van der Waals surface area contributed by atoms with E-state index >= 15 is 0 Å². The van der Waals surface area contributed by atoms with Crippen molar-refractivity contribution in [2.24, 2.45) is 5.73 Å². The maximum Gasteiger partial charge on any atom is 0.316 e. The van der Waals surface area contributed by atoms with Crippen LogP contribution in [0.5, 0.6) is 0 Å². The highest BCUT2D eigenvalue weighted by Crippen LogP contribution is 2.23. The summed E-state index contributed by atoms with van der Waals surface area (Å²) in [6.07, 6.45) is 0. The molecule has 0 unspecified atom stereocenters. The predicted molar refractivity (Wildman–Crippen MR) is 99.0 cm³/mol. The minimum atomic E-state index is -0.639. The van der Waals surface area contributed by atoms with Crippen molar-refractivity contribution in [3.05, 3.63) is 59.8 Å². The number of carbonyl (C=O) groups excluding carboxylic acids is 2. The average molecular weight is 352 g/mol. The lowest BCUT2D eigenvalue weighted by Crippen LogP contribution is -2.19. The molecule has 3 N–H and O–H groups in total. The maximum atomic E-state index is 12.3. The van der Waals surface area contributed by atoms with Gasteiger partial charge in [0.1, 0.15) is 5.03 Å². The number of benzene rings is 2. The van der Waals surface area contributed by atoms with Gasteiger partial charge < -0.3 is 11.1 Å². The fraction of sp³-hybridized carbons (Fsp3) is 0.111. The molecule has 6 nitrogen and oxygen atoms in total. The topological polar surface area (TPSA) is 98.0 Å². The Morgan fingerprint density at radius 2 is 1.68 bits per heavy atom. The van der Waals surface area contributed by atoms with Crippen LogP contribution in [0.25, 0.3) is 11.0 Å². The number of ketones is 1. The van der Waals surface area contributed by atoms with Crippen LogP contribution in [0.1, 0.15) is 16.1 Å². The van der Waals surface area contributed by atoms with Gasteiger partial charge in [-0.2, -0.15) is 0 Å². The van der Waals surface area contributed by atoms with Crippen LogP contribution in [0.15, 0.2) is 53.6 Å². The Balaban J connectivity index is 1.69. The SMILES string of the molecule is Cc1nc2ccccc2nc1SCC(=O)c1ccc(NC(N)=O)cc1. The third kappa shape index (κ3) is 4.13. The highest BCUT2D eigenvalue weighted by atomic mass is 32.2. The van der Waals surface area contributed by atoms with E-state index in [1.165, 1.54) is 11.8 Å². The molecule has 1 aromatic heterocycles. The van der Waals surface area contributed by atoms with Crippen LogP contribution in [0.4, 0.5) is 10.5 Å². The summed E-state index contributed by atoms with van der Waals surface area (Å²) < 4.78 is 0. The smallest absolute Gasteiger partial charge is 0.316 e. The van der Waals surface area contributed by atoms with Gasteiger partial charge in [-0.05, 0) is 43.3 Å². The first kappa shape index (κ1) is 16.9. The lowest BCUT2D eigenvalue weighted by Gasteiger charge is -2.07. The number of fused-ring (bicyclic) bond motifs is 1. The van der Waals surface area contributed by atoms with Crippen LogP contribution in [0, 0.1) is 6.92 Å². The summed E-state index contributed by atoms with van der Waals surface area (Å²) in [5.41, 5.74) is 8.62. The Morgan fingerprint density at radius 3 is 2.32 bits per heavy atom. The Kier molecular flexibility index (Phi) is 4.95. The molecule has 7 heteroatoms. The quantitative estimate of drug-likeness (QED) is 0.542. The van der Waals surface area contributed by atoms with Crippen molar-refractivity contribution >= 4 is 40.3 Å². The Hall–Kier alpha value is -2.93. The van der Waals surface area contributed by atoms with E-state index in [0.29, 0.717) is 11.3 Å². The molecule has 2 amide bonds. The standard InChI is InChI=1S/C18H16N4O2S/c1-11-17(22-15-5-3-2-4-14(15)20-11)25-10-16(23)12-6-8-13(9-7-12)21-18(19)24/h2-9H,10H2,1H3,(H3,19,21,24).